The molecule has 0 bridgehead atoms. The van der Waals surface area contributed by atoms with E-state index < -0.39 is 11.6 Å². The second kappa shape index (κ2) is 5.79. The van der Waals surface area contributed by atoms with Gasteiger partial charge < -0.3 is 10.2 Å². The minimum atomic E-state index is -0.732. The molecule has 3 nitrogen and oxygen atoms in total. The van der Waals surface area contributed by atoms with Crippen molar-refractivity contribution >= 4 is 22.5 Å². The summed E-state index contributed by atoms with van der Waals surface area (Å²) in [6, 6.07) is 8.64. The number of aromatic hydroxyl groups is 2. The van der Waals surface area contributed by atoms with Crippen LogP contribution < -0.4 is 0 Å². The Bertz CT molecular complexity index is 990. The highest BCUT2D eigenvalue weighted by Crippen LogP contribution is 2.33. The molecule has 1 aromatic heterocycles. The number of benzene rings is 2. The van der Waals surface area contributed by atoms with Crippen LogP contribution in [-0.4, -0.2) is 15.2 Å². The number of hydrogen-bond donors (Lipinski definition) is 2. The van der Waals surface area contributed by atoms with Crippen LogP contribution >= 0.6 is 11.6 Å². The molecular weight excluding hydrogens is 317 g/mol. The van der Waals surface area contributed by atoms with E-state index in [1.54, 1.807) is 19.1 Å². The minimum absolute atomic E-state index is 0.0203. The van der Waals surface area contributed by atoms with E-state index in [0.29, 0.717) is 27.7 Å². The fraction of sp³-hybridized carbons (Fsp3) is 0.0556. The third-order valence-corrected chi connectivity index (χ3v) is 3.64. The van der Waals surface area contributed by atoms with Gasteiger partial charge in [0.2, 0.25) is 0 Å². The van der Waals surface area contributed by atoms with Crippen LogP contribution in [0.5, 0.6) is 11.5 Å². The standard InChI is InChI=1S/C18H11ClFNO2/c1-2-3-10-7-16(11-4-5-17(23)15(20)6-11)21-18-13(10)8-12(22)9-14(18)19/h4-9,22-23H,1H3. The van der Waals surface area contributed by atoms with Crippen LogP contribution in [0.3, 0.4) is 0 Å². The lowest BCUT2D eigenvalue weighted by Crippen LogP contribution is -1.91. The predicted molar refractivity (Wildman–Crippen MR) is 88.0 cm³/mol. The SMILES string of the molecule is CC#Cc1cc(-c2ccc(O)c(F)c2)nc2c(Cl)cc(O)cc12. The van der Waals surface area contributed by atoms with Crippen molar-refractivity contribution in [1.29, 1.82) is 0 Å². The number of hydrogen-bond acceptors (Lipinski definition) is 3. The first kappa shape index (κ1) is 15.1. The van der Waals surface area contributed by atoms with E-state index in [-0.39, 0.29) is 10.8 Å². The average molecular weight is 328 g/mol. The van der Waals surface area contributed by atoms with Gasteiger partial charge >= 0.3 is 0 Å². The highest BCUT2D eigenvalue weighted by molar-refractivity contribution is 6.35. The molecule has 1 heterocycles. The zero-order chi connectivity index (χ0) is 16.6. The van der Waals surface area contributed by atoms with Crippen LogP contribution in [-0.2, 0) is 0 Å². The van der Waals surface area contributed by atoms with Gasteiger partial charge in [-0.3, -0.25) is 0 Å². The molecule has 0 saturated carbocycles. The largest absolute Gasteiger partial charge is 0.508 e. The summed E-state index contributed by atoms with van der Waals surface area (Å²) < 4.78 is 13.6. The number of halogens is 2. The lowest BCUT2D eigenvalue weighted by Gasteiger charge is -2.09. The van der Waals surface area contributed by atoms with Crippen LogP contribution in [0.25, 0.3) is 22.2 Å². The predicted octanol–water partition coefficient (Wildman–Crippen LogP) is 4.48. The van der Waals surface area contributed by atoms with Gasteiger partial charge in [-0.2, -0.15) is 0 Å². The number of phenols is 2. The lowest BCUT2D eigenvalue weighted by atomic mass is 10.0. The van der Waals surface area contributed by atoms with Gasteiger partial charge in [0, 0.05) is 22.6 Å². The summed E-state index contributed by atoms with van der Waals surface area (Å²) in [6.45, 7) is 1.69. The molecule has 0 aliphatic rings. The summed E-state index contributed by atoms with van der Waals surface area (Å²) in [5.74, 6) is 4.60. The summed E-state index contributed by atoms with van der Waals surface area (Å²) >= 11 is 6.17. The number of aromatic nitrogens is 1. The van der Waals surface area contributed by atoms with Crippen molar-refractivity contribution in [2.24, 2.45) is 0 Å². The van der Waals surface area contributed by atoms with Crippen molar-refractivity contribution in [3.8, 4) is 34.6 Å². The van der Waals surface area contributed by atoms with Crippen LogP contribution in [0.1, 0.15) is 12.5 Å². The summed E-state index contributed by atoms with van der Waals surface area (Å²) in [4.78, 5) is 4.44. The average Bonchev–Trinajstić information content (AvgIpc) is 2.51. The lowest BCUT2D eigenvalue weighted by molar-refractivity contribution is 0.432. The Morgan fingerprint density at radius 3 is 2.61 bits per heavy atom. The Morgan fingerprint density at radius 2 is 1.91 bits per heavy atom. The van der Waals surface area contributed by atoms with E-state index in [4.69, 9.17) is 11.6 Å². The molecule has 23 heavy (non-hydrogen) atoms. The van der Waals surface area contributed by atoms with Crippen molar-refractivity contribution in [2.75, 3.05) is 0 Å². The Balaban J connectivity index is 2.33. The van der Waals surface area contributed by atoms with E-state index in [0.717, 1.165) is 0 Å². The highest BCUT2D eigenvalue weighted by Gasteiger charge is 2.12. The minimum Gasteiger partial charge on any atom is -0.508 e. The fourth-order valence-corrected chi connectivity index (χ4v) is 2.58. The first-order valence-corrected chi connectivity index (χ1v) is 7.12. The maximum absolute atomic E-state index is 13.6. The first-order chi connectivity index (χ1) is 11.0. The topological polar surface area (TPSA) is 53.4 Å². The molecule has 2 N–H and O–H groups in total. The van der Waals surface area contributed by atoms with Gasteiger partial charge in [-0.25, -0.2) is 9.37 Å². The Hall–Kier alpha value is -2.77. The van der Waals surface area contributed by atoms with Crippen LogP contribution in [0.15, 0.2) is 36.4 Å². The van der Waals surface area contributed by atoms with E-state index in [1.165, 1.54) is 24.3 Å². The maximum atomic E-state index is 13.6. The smallest absolute Gasteiger partial charge is 0.165 e. The van der Waals surface area contributed by atoms with E-state index in [2.05, 4.69) is 16.8 Å². The van der Waals surface area contributed by atoms with Crippen molar-refractivity contribution in [1.82, 2.24) is 4.98 Å². The molecule has 0 radical (unpaired) electrons. The van der Waals surface area contributed by atoms with Gasteiger partial charge in [0.1, 0.15) is 5.75 Å². The number of phenolic OH excluding ortho intramolecular Hbond substituents is 2. The third-order valence-electron chi connectivity index (χ3n) is 3.35. The van der Waals surface area contributed by atoms with Gasteiger partial charge in [-0.15, -0.1) is 5.92 Å². The molecule has 114 valence electrons. The van der Waals surface area contributed by atoms with Crippen LogP contribution in [0.4, 0.5) is 4.39 Å². The second-order valence-electron chi connectivity index (χ2n) is 4.92. The summed E-state index contributed by atoms with van der Waals surface area (Å²) in [5.41, 5.74) is 2.05. The summed E-state index contributed by atoms with van der Waals surface area (Å²) in [7, 11) is 0. The molecule has 0 atom stereocenters. The quantitative estimate of drug-likeness (QED) is 0.648. The van der Waals surface area contributed by atoms with Gasteiger partial charge in [0.15, 0.2) is 11.6 Å². The summed E-state index contributed by atoms with van der Waals surface area (Å²) in [5, 5.41) is 19.9. The molecule has 0 unspecified atom stereocenters. The van der Waals surface area contributed by atoms with Gasteiger partial charge in [-0.05, 0) is 37.3 Å². The Morgan fingerprint density at radius 1 is 1.13 bits per heavy atom. The molecule has 0 aliphatic carbocycles. The van der Waals surface area contributed by atoms with Crippen LogP contribution in [0, 0.1) is 17.7 Å². The molecule has 0 aliphatic heterocycles. The molecule has 0 fully saturated rings. The van der Waals surface area contributed by atoms with E-state index in [1.807, 2.05) is 0 Å². The highest BCUT2D eigenvalue weighted by atomic mass is 35.5. The van der Waals surface area contributed by atoms with Gasteiger partial charge in [0.25, 0.3) is 0 Å². The third kappa shape index (κ3) is 2.79. The van der Waals surface area contributed by atoms with Crippen molar-refractivity contribution in [3.63, 3.8) is 0 Å². The molecule has 5 heteroatoms. The number of nitrogens with zero attached hydrogens (tertiary/aromatic N) is 1. The zero-order valence-corrected chi connectivity index (χ0v) is 12.8. The first-order valence-electron chi connectivity index (χ1n) is 6.74. The molecule has 0 saturated heterocycles. The summed E-state index contributed by atoms with van der Waals surface area (Å²) in [6.07, 6.45) is 0. The van der Waals surface area contributed by atoms with Crippen molar-refractivity contribution in [3.05, 3.63) is 52.8 Å². The monoisotopic (exact) mass is 327 g/mol. The molecule has 0 spiro atoms. The Labute approximate surface area is 137 Å². The molecular formula is C18H11ClFNO2. The van der Waals surface area contributed by atoms with Crippen LogP contribution in [0.2, 0.25) is 5.02 Å². The zero-order valence-electron chi connectivity index (χ0n) is 12.1. The second-order valence-corrected chi connectivity index (χ2v) is 5.33. The van der Waals surface area contributed by atoms with Crippen molar-refractivity contribution < 1.29 is 14.6 Å². The van der Waals surface area contributed by atoms with E-state index in [9.17, 15) is 14.6 Å². The fourth-order valence-electron chi connectivity index (χ4n) is 2.32. The molecule has 3 rings (SSSR count). The number of pyridine rings is 1. The number of rotatable bonds is 1. The Kier molecular flexibility index (Phi) is 3.81. The van der Waals surface area contributed by atoms with Gasteiger partial charge in [0.05, 0.1) is 16.2 Å². The maximum Gasteiger partial charge on any atom is 0.165 e. The normalized spacial score (nSPS) is 10.4. The molecule has 0 amide bonds. The molecule has 3 aromatic rings. The molecule has 2 aromatic carbocycles. The van der Waals surface area contributed by atoms with Crippen molar-refractivity contribution in [2.45, 2.75) is 6.92 Å². The van der Waals surface area contributed by atoms with E-state index >= 15 is 0 Å². The number of fused-ring (bicyclic) bond motifs is 1. The van der Waals surface area contributed by atoms with Gasteiger partial charge in [-0.1, -0.05) is 17.5 Å².